The van der Waals surface area contributed by atoms with Gasteiger partial charge < -0.3 is 4.74 Å². The van der Waals surface area contributed by atoms with Crippen molar-refractivity contribution in [1.29, 1.82) is 0 Å². The van der Waals surface area contributed by atoms with Crippen molar-refractivity contribution in [3.63, 3.8) is 0 Å². The number of aromatic nitrogens is 4. The Balaban J connectivity index is 2.09. The van der Waals surface area contributed by atoms with E-state index in [0.717, 1.165) is 5.56 Å². The lowest BCUT2D eigenvalue weighted by atomic mass is 10.2. The van der Waals surface area contributed by atoms with Crippen LogP contribution < -0.4 is 10.3 Å². The molecule has 0 aliphatic carbocycles. The standard InChI is InChI=1S/C18H16N4O4S/c1-10-7-8-14(11(2)9-10)27(24,25)18-16-19-17(23)12-5-4-6-13(26-3)15(12)22(16)21-20-18/h4-9,21H,1-3H3. The molecule has 0 aliphatic heterocycles. The topological polar surface area (TPSA) is 106 Å². The molecule has 1 N–H and O–H groups in total. The van der Waals surface area contributed by atoms with Gasteiger partial charge in [0.2, 0.25) is 14.9 Å². The Hall–Kier alpha value is -3.20. The number of hydrogen-bond acceptors (Lipinski definition) is 6. The number of benzene rings is 2. The van der Waals surface area contributed by atoms with E-state index in [4.69, 9.17) is 4.74 Å². The molecule has 138 valence electrons. The molecule has 0 fully saturated rings. The molecule has 0 aliphatic rings. The second-order valence-corrected chi connectivity index (χ2v) is 8.06. The van der Waals surface area contributed by atoms with Gasteiger partial charge in [0.15, 0.2) is 5.65 Å². The van der Waals surface area contributed by atoms with E-state index in [1.54, 1.807) is 37.3 Å². The van der Waals surface area contributed by atoms with Gasteiger partial charge in [-0.15, -0.1) is 5.10 Å². The van der Waals surface area contributed by atoms with Crippen LogP contribution in [0, 0.1) is 13.8 Å². The first-order chi connectivity index (χ1) is 12.8. The SMILES string of the molecule is COc1cccc2c(=O)nc3c(S(=O)(=O)c4ccc(C)cc4C)n[nH]n3c12. The van der Waals surface area contributed by atoms with Gasteiger partial charge in [0.05, 0.1) is 17.4 Å². The van der Waals surface area contributed by atoms with Crippen LogP contribution in [0.4, 0.5) is 0 Å². The number of rotatable bonds is 3. The van der Waals surface area contributed by atoms with Crippen LogP contribution >= 0.6 is 0 Å². The zero-order valence-electron chi connectivity index (χ0n) is 14.8. The van der Waals surface area contributed by atoms with Crippen LogP contribution in [0.25, 0.3) is 16.6 Å². The van der Waals surface area contributed by atoms with E-state index >= 15 is 0 Å². The molecule has 8 nitrogen and oxygen atoms in total. The van der Waals surface area contributed by atoms with Crippen molar-refractivity contribution in [2.75, 3.05) is 7.11 Å². The second-order valence-electron chi connectivity index (χ2n) is 6.22. The summed E-state index contributed by atoms with van der Waals surface area (Å²) in [5, 5.41) is 6.60. The number of aryl methyl sites for hydroxylation is 2. The Morgan fingerprint density at radius 3 is 2.63 bits per heavy atom. The highest BCUT2D eigenvalue weighted by molar-refractivity contribution is 7.91. The summed E-state index contributed by atoms with van der Waals surface area (Å²) in [6, 6.07) is 9.96. The quantitative estimate of drug-likeness (QED) is 0.579. The van der Waals surface area contributed by atoms with Gasteiger partial charge in [-0.1, -0.05) is 23.8 Å². The summed E-state index contributed by atoms with van der Waals surface area (Å²) in [5.74, 6) is 0.404. The van der Waals surface area contributed by atoms with E-state index in [9.17, 15) is 13.2 Å². The number of fused-ring (bicyclic) bond motifs is 3. The molecule has 0 spiro atoms. The molecule has 0 amide bonds. The zero-order valence-corrected chi connectivity index (χ0v) is 15.7. The van der Waals surface area contributed by atoms with Gasteiger partial charge in [-0.25, -0.2) is 18.1 Å². The molecule has 4 aromatic rings. The van der Waals surface area contributed by atoms with Crippen LogP contribution in [0.5, 0.6) is 5.75 Å². The van der Waals surface area contributed by atoms with E-state index in [1.807, 2.05) is 6.92 Å². The number of methoxy groups -OCH3 is 1. The fourth-order valence-electron chi connectivity index (χ4n) is 3.17. The van der Waals surface area contributed by atoms with Gasteiger partial charge >= 0.3 is 0 Å². The maximum Gasteiger partial charge on any atom is 0.281 e. The predicted molar refractivity (Wildman–Crippen MR) is 99.0 cm³/mol. The Morgan fingerprint density at radius 2 is 1.93 bits per heavy atom. The Kier molecular flexibility index (Phi) is 3.77. The first-order valence-corrected chi connectivity index (χ1v) is 9.59. The molecular weight excluding hydrogens is 368 g/mol. The zero-order chi connectivity index (χ0) is 19.3. The lowest BCUT2D eigenvalue weighted by molar-refractivity contribution is 0.418. The number of para-hydroxylation sites is 1. The number of nitrogens with zero attached hydrogens (tertiary/aromatic N) is 3. The minimum absolute atomic E-state index is 0.0722. The molecule has 0 saturated heterocycles. The molecule has 2 aromatic carbocycles. The fourth-order valence-corrected chi connectivity index (χ4v) is 4.65. The fraction of sp³-hybridized carbons (Fsp3) is 0.167. The summed E-state index contributed by atoms with van der Waals surface area (Å²) < 4.78 is 33.0. The van der Waals surface area contributed by atoms with Crippen molar-refractivity contribution >= 4 is 26.4 Å². The van der Waals surface area contributed by atoms with Gasteiger partial charge in [0.25, 0.3) is 5.56 Å². The Labute approximate surface area is 154 Å². The summed E-state index contributed by atoms with van der Waals surface area (Å²) in [4.78, 5) is 16.5. The summed E-state index contributed by atoms with van der Waals surface area (Å²) in [6.07, 6.45) is 0. The third kappa shape index (κ3) is 2.50. The molecule has 27 heavy (non-hydrogen) atoms. The van der Waals surface area contributed by atoms with Crippen molar-refractivity contribution in [1.82, 2.24) is 19.8 Å². The molecule has 0 atom stereocenters. The van der Waals surface area contributed by atoms with Gasteiger partial charge in [-0.05, 0) is 37.6 Å². The molecule has 2 aromatic heterocycles. The minimum Gasteiger partial charge on any atom is -0.494 e. The van der Waals surface area contributed by atoms with Crippen molar-refractivity contribution in [2.24, 2.45) is 0 Å². The van der Waals surface area contributed by atoms with E-state index in [0.29, 0.717) is 22.2 Å². The number of ether oxygens (including phenoxy) is 1. The van der Waals surface area contributed by atoms with Gasteiger partial charge in [-0.2, -0.15) is 4.98 Å². The third-order valence-electron chi connectivity index (χ3n) is 4.41. The maximum absolute atomic E-state index is 13.2. The lowest BCUT2D eigenvalue weighted by Gasteiger charge is -2.07. The molecule has 4 rings (SSSR count). The predicted octanol–water partition coefficient (Wildman–Crippen LogP) is 2.03. The van der Waals surface area contributed by atoms with Crippen LogP contribution in [-0.4, -0.2) is 35.3 Å². The van der Waals surface area contributed by atoms with Crippen molar-refractivity contribution < 1.29 is 13.2 Å². The molecule has 0 bridgehead atoms. The first kappa shape index (κ1) is 17.2. The molecule has 9 heteroatoms. The van der Waals surface area contributed by atoms with Crippen molar-refractivity contribution in [3.8, 4) is 5.75 Å². The summed E-state index contributed by atoms with van der Waals surface area (Å²) >= 11 is 0. The summed E-state index contributed by atoms with van der Waals surface area (Å²) in [5.41, 5.74) is 1.30. The molecular formula is C18H16N4O4S. The van der Waals surface area contributed by atoms with Crippen LogP contribution in [0.2, 0.25) is 0 Å². The smallest absolute Gasteiger partial charge is 0.281 e. The van der Waals surface area contributed by atoms with E-state index < -0.39 is 15.4 Å². The largest absolute Gasteiger partial charge is 0.494 e. The Morgan fingerprint density at radius 1 is 1.15 bits per heavy atom. The first-order valence-electron chi connectivity index (χ1n) is 8.11. The average Bonchev–Trinajstić information content (AvgIpc) is 3.05. The highest BCUT2D eigenvalue weighted by Crippen LogP contribution is 2.28. The molecule has 0 radical (unpaired) electrons. The van der Waals surface area contributed by atoms with Crippen LogP contribution in [0.1, 0.15) is 11.1 Å². The molecule has 0 saturated carbocycles. The van der Waals surface area contributed by atoms with Crippen molar-refractivity contribution in [3.05, 3.63) is 57.9 Å². The molecule has 0 unspecified atom stereocenters. The maximum atomic E-state index is 13.2. The number of aromatic amines is 1. The third-order valence-corrected chi connectivity index (χ3v) is 6.23. The van der Waals surface area contributed by atoms with Crippen molar-refractivity contribution in [2.45, 2.75) is 23.8 Å². The number of H-pyrrole nitrogens is 1. The normalized spacial score (nSPS) is 12.0. The molecule has 2 heterocycles. The van der Waals surface area contributed by atoms with Crippen LogP contribution in [-0.2, 0) is 9.84 Å². The number of hydrogen-bond donors (Lipinski definition) is 1. The monoisotopic (exact) mass is 384 g/mol. The average molecular weight is 384 g/mol. The van der Waals surface area contributed by atoms with E-state index in [2.05, 4.69) is 15.3 Å². The van der Waals surface area contributed by atoms with E-state index in [1.165, 1.54) is 17.7 Å². The minimum atomic E-state index is -3.98. The van der Waals surface area contributed by atoms with Crippen LogP contribution in [0.15, 0.2) is 51.1 Å². The number of sulfone groups is 1. The highest BCUT2D eigenvalue weighted by Gasteiger charge is 2.28. The lowest BCUT2D eigenvalue weighted by Crippen LogP contribution is -2.13. The Bertz CT molecular complexity index is 1370. The highest BCUT2D eigenvalue weighted by atomic mass is 32.2. The van der Waals surface area contributed by atoms with Gasteiger partial charge in [0, 0.05) is 0 Å². The summed E-state index contributed by atoms with van der Waals surface area (Å²) in [7, 11) is -2.51. The van der Waals surface area contributed by atoms with E-state index in [-0.39, 0.29) is 15.6 Å². The van der Waals surface area contributed by atoms with Gasteiger partial charge in [0.1, 0.15) is 11.3 Å². The van der Waals surface area contributed by atoms with Gasteiger partial charge in [-0.3, -0.25) is 4.79 Å². The number of nitrogens with one attached hydrogen (secondary N) is 1. The summed E-state index contributed by atoms with van der Waals surface area (Å²) in [6.45, 7) is 3.60. The van der Waals surface area contributed by atoms with Crippen LogP contribution in [0.3, 0.4) is 0 Å². The second kappa shape index (κ2) is 5.92.